The van der Waals surface area contributed by atoms with E-state index in [9.17, 15) is 19.7 Å². The standard InChI is InChI=1S/C15H22N4O4/c1-11(2)15(21)18-10-9-17-14(20)7-8-16-12-5-3-4-6-13(12)19(22)23/h3-6,11,16H,7-10H2,1-2H3,(H,17,20)(H,18,21). The zero-order chi connectivity index (χ0) is 17.2. The van der Waals surface area contributed by atoms with Gasteiger partial charge < -0.3 is 16.0 Å². The van der Waals surface area contributed by atoms with Crippen LogP contribution in [0.2, 0.25) is 0 Å². The number of nitrogens with zero attached hydrogens (tertiary/aromatic N) is 1. The summed E-state index contributed by atoms with van der Waals surface area (Å²) in [5.74, 6) is -0.330. The summed E-state index contributed by atoms with van der Waals surface area (Å²) < 4.78 is 0. The summed E-state index contributed by atoms with van der Waals surface area (Å²) in [7, 11) is 0. The van der Waals surface area contributed by atoms with Crippen LogP contribution in [0.1, 0.15) is 20.3 Å². The van der Waals surface area contributed by atoms with Crippen molar-refractivity contribution in [2.45, 2.75) is 20.3 Å². The molecule has 1 aromatic carbocycles. The van der Waals surface area contributed by atoms with Gasteiger partial charge >= 0.3 is 0 Å². The highest BCUT2D eigenvalue weighted by Crippen LogP contribution is 2.22. The van der Waals surface area contributed by atoms with Crippen molar-refractivity contribution in [3.05, 3.63) is 34.4 Å². The van der Waals surface area contributed by atoms with Crippen LogP contribution in [0.25, 0.3) is 0 Å². The minimum absolute atomic E-state index is 0.0238. The number of nitro benzene ring substituents is 1. The molecule has 0 saturated carbocycles. The molecule has 0 aromatic heterocycles. The van der Waals surface area contributed by atoms with Crippen LogP contribution in [0.15, 0.2) is 24.3 Å². The average Bonchev–Trinajstić information content (AvgIpc) is 2.51. The minimum Gasteiger partial charge on any atom is -0.379 e. The third-order valence-corrected chi connectivity index (χ3v) is 3.04. The van der Waals surface area contributed by atoms with Crippen LogP contribution < -0.4 is 16.0 Å². The minimum atomic E-state index is -0.472. The van der Waals surface area contributed by atoms with Crippen LogP contribution in [0.4, 0.5) is 11.4 Å². The molecular weight excluding hydrogens is 300 g/mol. The van der Waals surface area contributed by atoms with Crippen molar-refractivity contribution in [2.24, 2.45) is 5.92 Å². The number of carbonyl (C=O) groups excluding carboxylic acids is 2. The van der Waals surface area contributed by atoms with Gasteiger partial charge in [0.05, 0.1) is 4.92 Å². The lowest BCUT2D eigenvalue weighted by atomic mass is 10.2. The molecule has 0 heterocycles. The third kappa shape index (κ3) is 6.77. The lowest BCUT2D eigenvalue weighted by molar-refractivity contribution is -0.384. The molecule has 23 heavy (non-hydrogen) atoms. The number of amides is 2. The molecule has 0 unspecified atom stereocenters. The van der Waals surface area contributed by atoms with E-state index in [1.807, 2.05) is 0 Å². The Balaban J connectivity index is 2.25. The SMILES string of the molecule is CC(C)C(=O)NCCNC(=O)CCNc1ccccc1[N+](=O)[O-]. The summed E-state index contributed by atoms with van der Waals surface area (Å²) in [5.41, 5.74) is 0.360. The highest BCUT2D eigenvalue weighted by molar-refractivity contribution is 5.78. The predicted molar refractivity (Wildman–Crippen MR) is 87.1 cm³/mol. The Morgan fingerprint density at radius 2 is 1.78 bits per heavy atom. The molecule has 0 bridgehead atoms. The molecule has 0 aliphatic rings. The predicted octanol–water partition coefficient (Wildman–Crippen LogP) is 1.29. The average molecular weight is 322 g/mol. The van der Waals surface area contributed by atoms with Crippen LogP contribution in [0.3, 0.4) is 0 Å². The van der Waals surface area contributed by atoms with E-state index in [-0.39, 0.29) is 36.4 Å². The van der Waals surface area contributed by atoms with Gasteiger partial charge in [0.2, 0.25) is 11.8 Å². The topological polar surface area (TPSA) is 113 Å². The quantitative estimate of drug-likeness (QED) is 0.360. The molecule has 0 aliphatic carbocycles. The monoisotopic (exact) mass is 322 g/mol. The fraction of sp³-hybridized carbons (Fsp3) is 0.467. The fourth-order valence-electron chi connectivity index (χ4n) is 1.77. The summed E-state index contributed by atoms with van der Waals surface area (Å²) in [6.07, 6.45) is 0.185. The summed E-state index contributed by atoms with van der Waals surface area (Å²) in [4.78, 5) is 33.3. The first-order valence-electron chi connectivity index (χ1n) is 7.43. The second-order valence-corrected chi connectivity index (χ2v) is 5.25. The van der Waals surface area contributed by atoms with Gasteiger partial charge in [0.15, 0.2) is 0 Å². The van der Waals surface area contributed by atoms with E-state index >= 15 is 0 Å². The number of hydrogen-bond donors (Lipinski definition) is 3. The Bertz CT molecular complexity index is 560. The number of nitrogens with one attached hydrogen (secondary N) is 3. The van der Waals surface area contributed by atoms with Crippen molar-refractivity contribution in [2.75, 3.05) is 25.0 Å². The Morgan fingerprint density at radius 1 is 1.13 bits per heavy atom. The van der Waals surface area contributed by atoms with Crippen LogP contribution >= 0.6 is 0 Å². The van der Waals surface area contributed by atoms with Crippen LogP contribution in [0, 0.1) is 16.0 Å². The van der Waals surface area contributed by atoms with E-state index in [0.717, 1.165) is 0 Å². The van der Waals surface area contributed by atoms with Crippen molar-refractivity contribution in [3.8, 4) is 0 Å². The Labute approximate surface area is 134 Å². The number of rotatable bonds is 9. The first-order chi connectivity index (χ1) is 10.9. The fourth-order valence-corrected chi connectivity index (χ4v) is 1.77. The summed E-state index contributed by atoms with van der Waals surface area (Å²) in [6.45, 7) is 4.60. The van der Waals surface area contributed by atoms with E-state index in [1.54, 1.807) is 32.0 Å². The van der Waals surface area contributed by atoms with Crippen molar-refractivity contribution in [1.29, 1.82) is 0 Å². The number of carbonyl (C=O) groups is 2. The largest absolute Gasteiger partial charge is 0.379 e. The van der Waals surface area contributed by atoms with Gasteiger partial charge in [-0.1, -0.05) is 26.0 Å². The van der Waals surface area contributed by atoms with Gasteiger partial charge in [-0.25, -0.2) is 0 Å². The molecule has 0 aliphatic heterocycles. The number of para-hydroxylation sites is 2. The lowest BCUT2D eigenvalue weighted by Gasteiger charge is -2.09. The number of anilines is 1. The molecule has 0 saturated heterocycles. The maximum absolute atomic E-state index is 11.6. The number of hydrogen-bond acceptors (Lipinski definition) is 5. The van der Waals surface area contributed by atoms with Gasteiger partial charge in [0.1, 0.15) is 5.69 Å². The van der Waals surface area contributed by atoms with E-state index < -0.39 is 4.92 Å². The molecule has 1 aromatic rings. The van der Waals surface area contributed by atoms with E-state index in [4.69, 9.17) is 0 Å². The summed E-state index contributed by atoms with van der Waals surface area (Å²) >= 11 is 0. The second kappa shape index (κ2) is 9.39. The Morgan fingerprint density at radius 3 is 2.43 bits per heavy atom. The van der Waals surface area contributed by atoms with E-state index in [2.05, 4.69) is 16.0 Å². The Hall–Kier alpha value is -2.64. The molecule has 0 spiro atoms. The molecule has 0 atom stereocenters. The van der Waals surface area contributed by atoms with Gasteiger partial charge in [0, 0.05) is 38.0 Å². The third-order valence-electron chi connectivity index (χ3n) is 3.04. The summed E-state index contributed by atoms with van der Waals surface area (Å²) in [6, 6.07) is 6.27. The van der Waals surface area contributed by atoms with Crippen LogP contribution in [-0.4, -0.2) is 36.4 Å². The first kappa shape index (κ1) is 18.4. The molecule has 0 fully saturated rings. The number of nitro groups is 1. The first-order valence-corrected chi connectivity index (χ1v) is 7.43. The van der Waals surface area contributed by atoms with Gasteiger partial charge in [-0.2, -0.15) is 0 Å². The van der Waals surface area contributed by atoms with E-state index in [1.165, 1.54) is 6.07 Å². The van der Waals surface area contributed by atoms with Crippen molar-refractivity contribution in [1.82, 2.24) is 10.6 Å². The maximum Gasteiger partial charge on any atom is 0.292 e. The molecule has 3 N–H and O–H groups in total. The molecule has 8 heteroatoms. The van der Waals surface area contributed by atoms with Gasteiger partial charge in [0.25, 0.3) is 5.69 Å². The smallest absolute Gasteiger partial charge is 0.292 e. The van der Waals surface area contributed by atoms with Gasteiger partial charge in [-0.3, -0.25) is 19.7 Å². The van der Waals surface area contributed by atoms with E-state index in [0.29, 0.717) is 18.8 Å². The zero-order valence-corrected chi connectivity index (χ0v) is 13.3. The van der Waals surface area contributed by atoms with Crippen molar-refractivity contribution in [3.63, 3.8) is 0 Å². The van der Waals surface area contributed by atoms with Crippen LogP contribution in [-0.2, 0) is 9.59 Å². The highest BCUT2D eigenvalue weighted by Gasteiger charge is 2.12. The number of benzene rings is 1. The second-order valence-electron chi connectivity index (χ2n) is 5.25. The Kier molecular flexibility index (Phi) is 7.52. The molecule has 1 rings (SSSR count). The van der Waals surface area contributed by atoms with Crippen molar-refractivity contribution < 1.29 is 14.5 Å². The molecule has 0 radical (unpaired) electrons. The van der Waals surface area contributed by atoms with Crippen LogP contribution in [0.5, 0.6) is 0 Å². The molecular formula is C15H22N4O4. The maximum atomic E-state index is 11.6. The molecule has 8 nitrogen and oxygen atoms in total. The molecule has 126 valence electrons. The zero-order valence-electron chi connectivity index (χ0n) is 13.3. The lowest BCUT2D eigenvalue weighted by Crippen LogP contribution is -2.36. The summed E-state index contributed by atoms with van der Waals surface area (Å²) in [5, 5.41) is 19.1. The van der Waals surface area contributed by atoms with Gasteiger partial charge in [-0.15, -0.1) is 0 Å². The molecule has 2 amide bonds. The van der Waals surface area contributed by atoms with Gasteiger partial charge in [-0.05, 0) is 6.07 Å². The van der Waals surface area contributed by atoms with Crippen molar-refractivity contribution >= 4 is 23.2 Å². The normalized spacial score (nSPS) is 10.2. The highest BCUT2D eigenvalue weighted by atomic mass is 16.6.